The predicted octanol–water partition coefficient (Wildman–Crippen LogP) is 0.418. The van der Waals surface area contributed by atoms with E-state index in [4.69, 9.17) is 21.1 Å². The number of hydrogen-bond donors (Lipinski definition) is 5. The molecule has 0 aliphatic rings. The third-order valence-corrected chi connectivity index (χ3v) is 2.04. The fourth-order valence-electron chi connectivity index (χ4n) is 0.733. The van der Waals surface area contributed by atoms with Crippen LogP contribution < -0.4 is 5.73 Å². The van der Waals surface area contributed by atoms with E-state index in [2.05, 4.69) is 12.6 Å². The number of thiol groups is 1. The second kappa shape index (κ2) is 7.53. The molecule has 0 aromatic heterocycles. The van der Waals surface area contributed by atoms with E-state index in [1.54, 1.807) is 12.1 Å². The van der Waals surface area contributed by atoms with Crippen LogP contribution in [0.4, 0.5) is 0 Å². The molecule has 1 aromatic carbocycles. The van der Waals surface area contributed by atoms with E-state index >= 15 is 0 Å². The van der Waals surface area contributed by atoms with Crippen molar-refractivity contribution in [3.05, 3.63) is 29.8 Å². The van der Waals surface area contributed by atoms with E-state index < -0.39 is 18.0 Å². The van der Waals surface area contributed by atoms with Crippen LogP contribution in [0.25, 0.3) is 0 Å². The van der Waals surface area contributed by atoms with E-state index in [-0.39, 0.29) is 17.1 Å². The zero-order valence-corrected chi connectivity index (χ0v) is 9.67. The number of aromatic hydroxyl groups is 1. The first-order chi connectivity index (χ1) is 7.90. The molecule has 0 radical (unpaired) electrons. The number of aromatic carboxylic acids is 1. The van der Waals surface area contributed by atoms with Gasteiger partial charge in [0.15, 0.2) is 0 Å². The molecular formula is C10H13NO5S. The van der Waals surface area contributed by atoms with Crippen molar-refractivity contribution in [2.24, 2.45) is 5.73 Å². The Morgan fingerprint density at radius 1 is 1.29 bits per heavy atom. The number of hydrogen-bond acceptors (Lipinski definition) is 5. The van der Waals surface area contributed by atoms with Gasteiger partial charge in [-0.1, -0.05) is 12.1 Å². The maximum atomic E-state index is 10.3. The Kier molecular flexibility index (Phi) is 6.76. The van der Waals surface area contributed by atoms with Crippen molar-refractivity contribution >= 4 is 24.6 Å². The molecule has 0 aliphatic heterocycles. The first kappa shape index (κ1) is 15.3. The second-order valence-corrected chi connectivity index (χ2v) is 3.31. The summed E-state index contributed by atoms with van der Waals surface area (Å²) >= 11 is 3.65. The van der Waals surface area contributed by atoms with Crippen LogP contribution in [0.3, 0.4) is 0 Å². The number of carbonyl (C=O) groups is 2. The molecule has 5 N–H and O–H groups in total. The zero-order valence-electron chi connectivity index (χ0n) is 8.78. The Hall–Kier alpha value is -1.73. The number of benzene rings is 1. The molecule has 0 fully saturated rings. The molecular weight excluding hydrogens is 246 g/mol. The van der Waals surface area contributed by atoms with Crippen LogP contribution in [-0.4, -0.2) is 39.1 Å². The van der Waals surface area contributed by atoms with Gasteiger partial charge < -0.3 is 21.1 Å². The Labute approximate surface area is 103 Å². The summed E-state index contributed by atoms with van der Waals surface area (Å²) in [6, 6.07) is 5.00. The molecule has 0 unspecified atom stereocenters. The lowest BCUT2D eigenvalue weighted by atomic mass is 10.2. The quantitative estimate of drug-likeness (QED) is 0.502. The lowest BCUT2D eigenvalue weighted by Gasteiger charge is -1.96. The molecule has 7 heteroatoms. The number of para-hydroxylation sites is 1. The number of rotatable bonds is 3. The minimum absolute atomic E-state index is 0.0671. The Morgan fingerprint density at radius 3 is 2.06 bits per heavy atom. The largest absolute Gasteiger partial charge is 0.507 e. The molecule has 0 heterocycles. The molecule has 0 bridgehead atoms. The molecule has 6 nitrogen and oxygen atoms in total. The van der Waals surface area contributed by atoms with Gasteiger partial charge in [-0.2, -0.15) is 12.6 Å². The van der Waals surface area contributed by atoms with Gasteiger partial charge in [0.1, 0.15) is 17.4 Å². The molecule has 0 aliphatic carbocycles. The summed E-state index contributed by atoms with van der Waals surface area (Å²) in [5.74, 6) is -2.13. The van der Waals surface area contributed by atoms with Gasteiger partial charge in [-0.25, -0.2) is 4.79 Å². The minimum Gasteiger partial charge on any atom is -0.507 e. The number of phenols is 1. The van der Waals surface area contributed by atoms with Gasteiger partial charge in [-0.3, -0.25) is 4.79 Å². The first-order valence-corrected chi connectivity index (χ1v) is 5.14. The predicted molar refractivity (Wildman–Crippen MR) is 64.5 cm³/mol. The standard InChI is InChI=1S/C7H6O3.C3H7NO2S/c8-6-4-2-1-3-5(6)7(9)10;4-2(1-7)3(5)6/h1-4,8H,(H,9,10);2,7H,1,4H2,(H,5,6)/t;2-/m.0/s1. The molecule has 0 saturated carbocycles. The normalized spacial score (nSPS) is 10.9. The third kappa shape index (κ3) is 5.79. The summed E-state index contributed by atoms with van der Waals surface area (Å²) in [6.07, 6.45) is 0. The van der Waals surface area contributed by atoms with Crippen molar-refractivity contribution < 1.29 is 24.9 Å². The lowest BCUT2D eigenvalue weighted by molar-refractivity contribution is -0.137. The number of nitrogens with two attached hydrogens (primary N) is 1. The monoisotopic (exact) mass is 259 g/mol. The van der Waals surface area contributed by atoms with Crippen LogP contribution in [-0.2, 0) is 4.79 Å². The zero-order chi connectivity index (χ0) is 13.4. The third-order valence-electron chi connectivity index (χ3n) is 1.65. The van der Waals surface area contributed by atoms with Gasteiger partial charge >= 0.3 is 11.9 Å². The fourth-order valence-corrected chi connectivity index (χ4v) is 0.889. The highest BCUT2D eigenvalue weighted by atomic mass is 32.1. The van der Waals surface area contributed by atoms with Crippen LogP contribution in [0.1, 0.15) is 10.4 Å². The van der Waals surface area contributed by atoms with Crippen LogP contribution >= 0.6 is 12.6 Å². The van der Waals surface area contributed by atoms with Crippen molar-refractivity contribution in [3.8, 4) is 5.75 Å². The van der Waals surface area contributed by atoms with Crippen LogP contribution in [0.5, 0.6) is 5.75 Å². The van der Waals surface area contributed by atoms with Gasteiger partial charge in [0.05, 0.1) is 0 Å². The van der Waals surface area contributed by atoms with E-state index in [0.717, 1.165) is 0 Å². The molecule has 1 rings (SSSR count). The SMILES string of the molecule is N[C@@H](CS)C(=O)O.O=C(O)c1ccccc1O. The first-order valence-electron chi connectivity index (χ1n) is 4.50. The average molecular weight is 259 g/mol. The summed E-state index contributed by atoms with van der Waals surface area (Å²) < 4.78 is 0. The number of carboxylic acids is 2. The molecule has 0 amide bonds. The molecule has 0 saturated heterocycles. The van der Waals surface area contributed by atoms with E-state index in [1.165, 1.54) is 12.1 Å². The van der Waals surface area contributed by atoms with Gasteiger partial charge in [0.2, 0.25) is 0 Å². The van der Waals surface area contributed by atoms with Gasteiger partial charge in [-0.05, 0) is 12.1 Å². The van der Waals surface area contributed by atoms with Crippen molar-refractivity contribution in [1.29, 1.82) is 0 Å². The molecule has 1 atom stereocenters. The molecule has 17 heavy (non-hydrogen) atoms. The molecule has 0 spiro atoms. The maximum Gasteiger partial charge on any atom is 0.339 e. The topological polar surface area (TPSA) is 121 Å². The second-order valence-electron chi connectivity index (χ2n) is 2.95. The highest BCUT2D eigenvalue weighted by Crippen LogP contribution is 2.14. The Balaban J connectivity index is 0.000000325. The van der Waals surface area contributed by atoms with Crippen molar-refractivity contribution in [2.75, 3.05) is 5.75 Å². The van der Waals surface area contributed by atoms with Crippen molar-refractivity contribution in [2.45, 2.75) is 6.04 Å². The summed E-state index contributed by atoms with van der Waals surface area (Å²) in [4.78, 5) is 20.0. The number of carboxylic acid groups (broad SMARTS) is 2. The maximum absolute atomic E-state index is 10.3. The van der Waals surface area contributed by atoms with Crippen molar-refractivity contribution in [3.63, 3.8) is 0 Å². The van der Waals surface area contributed by atoms with Gasteiger partial charge in [-0.15, -0.1) is 0 Å². The smallest absolute Gasteiger partial charge is 0.339 e. The lowest BCUT2D eigenvalue weighted by Crippen LogP contribution is -2.31. The fraction of sp³-hybridized carbons (Fsp3) is 0.200. The average Bonchev–Trinajstić information content (AvgIpc) is 2.28. The number of aliphatic carboxylic acids is 1. The van der Waals surface area contributed by atoms with E-state index in [0.29, 0.717) is 0 Å². The minimum atomic E-state index is -1.11. The van der Waals surface area contributed by atoms with Crippen LogP contribution in [0.2, 0.25) is 0 Å². The summed E-state index contributed by atoms with van der Waals surface area (Å²) in [6.45, 7) is 0. The summed E-state index contributed by atoms with van der Waals surface area (Å²) in [7, 11) is 0. The Bertz CT molecular complexity index is 396. The van der Waals surface area contributed by atoms with Crippen molar-refractivity contribution in [1.82, 2.24) is 0 Å². The Morgan fingerprint density at radius 2 is 1.82 bits per heavy atom. The van der Waals surface area contributed by atoms with E-state index in [9.17, 15) is 9.59 Å². The summed E-state index contributed by atoms with van der Waals surface area (Å²) in [5, 5.41) is 25.3. The van der Waals surface area contributed by atoms with Crippen LogP contribution in [0, 0.1) is 0 Å². The van der Waals surface area contributed by atoms with Crippen LogP contribution in [0.15, 0.2) is 24.3 Å². The van der Waals surface area contributed by atoms with Gasteiger partial charge in [0, 0.05) is 5.75 Å². The molecule has 1 aromatic rings. The highest BCUT2D eigenvalue weighted by Gasteiger charge is 2.06. The highest BCUT2D eigenvalue weighted by molar-refractivity contribution is 7.80. The van der Waals surface area contributed by atoms with Gasteiger partial charge in [0.25, 0.3) is 0 Å². The molecule has 94 valence electrons. The van der Waals surface area contributed by atoms with E-state index in [1.807, 2.05) is 0 Å². The summed E-state index contributed by atoms with van der Waals surface area (Å²) in [5.41, 5.74) is 4.87.